The molecule has 3 aromatic carbocycles. The number of aryl methyl sites for hydroxylation is 1. The summed E-state index contributed by atoms with van der Waals surface area (Å²) in [6.07, 6.45) is 0. The van der Waals surface area contributed by atoms with Crippen molar-refractivity contribution in [3.63, 3.8) is 0 Å². The van der Waals surface area contributed by atoms with Crippen LogP contribution in [0.5, 0.6) is 5.75 Å². The maximum Gasteiger partial charge on any atom is 0.329 e. The molecule has 5 nitrogen and oxygen atoms in total. The van der Waals surface area contributed by atoms with E-state index in [0.29, 0.717) is 25.6 Å². The molecule has 0 aliphatic carbocycles. The second kappa shape index (κ2) is 8.88. The van der Waals surface area contributed by atoms with Crippen molar-refractivity contribution >= 4 is 5.97 Å². The zero-order valence-corrected chi connectivity index (χ0v) is 17.1. The van der Waals surface area contributed by atoms with E-state index in [1.54, 1.807) is 6.07 Å². The van der Waals surface area contributed by atoms with Gasteiger partial charge in [-0.05, 0) is 65.1 Å². The Morgan fingerprint density at radius 2 is 1.87 bits per heavy atom. The number of rotatable bonds is 8. The summed E-state index contributed by atoms with van der Waals surface area (Å²) in [7, 11) is 0. The van der Waals surface area contributed by atoms with Crippen molar-refractivity contribution in [1.29, 1.82) is 0 Å². The predicted molar refractivity (Wildman–Crippen MR) is 113 cm³/mol. The lowest BCUT2D eigenvalue weighted by molar-refractivity contribution is -0.220. The lowest BCUT2D eigenvalue weighted by Crippen LogP contribution is -2.49. The quantitative estimate of drug-likeness (QED) is 0.570. The normalized spacial score (nSPS) is 14.6. The fourth-order valence-corrected chi connectivity index (χ4v) is 3.62. The van der Waals surface area contributed by atoms with Crippen molar-refractivity contribution in [2.24, 2.45) is 0 Å². The number of aliphatic carboxylic acids is 1. The van der Waals surface area contributed by atoms with Crippen LogP contribution in [0.4, 0.5) is 4.39 Å². The first-order chi connectivity index (χ1) is 14.9. The van der Waals surface area contributed by atoms with E-state index < -0.39 is 11.6 Å². The second-order valence-electron chi connectivity index (χ2n) is 7.64. The molecule has 1 aliphatic heterocycles. The third-order valence-electron chi connectivity index (χ3n) is 5.35. The van der Waals surface area contributed by atoms with Crippen LogP contribution in [0.1, 0.15) is 16.7 Å². The number of benzene rings is 3. The number of hydrogen-bond donors (Lipinski definition) is 1. The average Bonchev–Trinajstić information content (AvgIpc) is 2.72. The van der Waals surface area contributed by atoms with Crippen LogP contribution in [0, 0.1) is 12.7 Å². The van der Waals surface area contributed by atoms with Crippen molar-refractivity contribution in [2.45, 2.75) is 19.1 Å². The molecule has 4 rings (SSSR count). The Morgan fingerprint density at radius 1 is 1.10 bits per heavy atom. The van der Waals surface area contributed by atoms with Crippen molar-refractivity contribution in [1.82, 2.24) is 0 Å². The summed E-state index contributed by atoms with van der Waals surface area (Å²) < 4.78 is 30.1. The summed E-state index contributed by atoms with van der Waals surface area (Å²) in [5.74, 6) is -0.558. The molecule has 0 spiro atoms. The fraction of sp³-hybridized carbons (Fsp3) is 0.240. The van der Waals surface area contributed by atoms with Gasteiger partial charge in [0.25, 0.3) is 0 Å². The van der Waals surface area contributed by atoms with Gasteiger partial charge in [-0.25, -0.2) is 9.18 Å². The van der Waals surface area contributed by atoms with E-state index in [1.807, 2.05) is 55.5 Å². The van der Waals surface area contributed by atoms with E-state index in [9.17, 15) is 9.18 Å². The molecule has 1 fully saturated rings. The lowest BCUT2D eigenvalue weighted by Gasteiger charge is -2.41. The van der Waals surface area contributed by atoms with Crippen molar-refractivity contribution in [3.8, 4) is 16.9 Å². The summed E-state index contributed by atoms with van der Waals surface area (Å²) in [6.45, 7) is 2.57. The van der Waals surface area contributed by atoms with Crippen molar-refractivity contribution < 1.29 is 28.5 Å². The van der Waals surface area contributed by atoms with Gasteiger partial charge in [0.05, 0.1) is 13.2 Å². The molecular weight excluding hydrogens is 399 g/mol. The molecule has 0 unspecified atom stereocenters. The molecule has 1 heterocycles. The second-order valence-corrected chi connectivity index (χ2v) is 7.64. The molecule has 0 bridgehead atoms. The molecule has 0 amide bonds. The number of carboxylic acids is 1. The van der Waals surface area contributed by atoms with Gasteiger partial charge in [-0.3, -0.25) is 0 Å². The third-order valence-corrected chi connectivity index (χ3v) is 5.35. The van der Waals surface area contributed by atoms with E-state index in [4.69, 9.17) is 19.3 Å². The molecule has 1 aliphatic rings. The summed E-state index contributed by atoms with van der Waals surface area (Å²) in [6, 6.07) is 20.2. The van der Waals surface area contributed by atoms with Gasteiger partial charge in [-0.15, -0.1) is 0 Å². The molecule has 0 radical (unpaired) electrons. The van der Waals surface area contributed by atoms with Crippen molar-refractivity contribution in [2.75, 3.05) is 19.8 Å². The van der Waals surface area contributed by atoms with Gasteiger partial charge in [0.2, 0.25) is 0 Å². The highest BCUT2D eigenvalue weighted by atomic mass is 19.1. The Balaban J connectivity index is 1.42. The van der Waals surface area contributed by atoms with Crippen molar-refractivity contribution in [3.05, 3.63) is 89.2 Å². The predicted octanol–water partition coefficient (Wildman–Crippen LogP) is 4.71. The van der Waals surface area contributed by atoms with Crippen LogP contribution in [0.3, 0.4) is 0 Å². The Morgan fingerprint density at radius 3 is 2.52 bits per heavy atom. The largest absolute Gasteiger partial charge is 0.489 e. The molecule has 3 aromatic rings. The van der Waals surface area contributed by atoms with Gasteiger partial charge in [-0.2, -0.15) is 0 Å². The topological polar surface area (TPSA) is 65.0 Å². The average molecular weight is 422 g/mol. The molecule has 0 saturated carbocycles. The highest BCUT2D eigenvalue weighted by Gasteiger charge is 2.42. The minimum absolute atomic E-state index is 0.243. The molecular formula is C25H23FO5. The van der Waals surface area contributed by atoms with E-state index in [0.717, 1.165) is 27.8 Å². The Bertz CT molecular complexity index is 1070. The Kier molecular flexibility index (Phi) is 6.02. The van der Waals surface area contributed by atoms with Gasteiger partial charge in [0, 0.05) is 0 Å². The Hall–Kier alpha value is -3.22. The van der Waals surface area contributed by atoms with Gasteiger partial charge in [0.1, 0.15) is 30.4 Å². The molecule has 0 atom stereocenters. The van der Waals surface area contributed by atoms with Crippen LogP contribution in [0.25, 0.3) is 11.1 Å². The first-order valence-electron chi connectivity index (χ1n) is 9.97. The molecule has 160 valence electrons. The van der Waals surface area contributed by atoms with Crippen LogP contribution in [-0.2, 0) is 26.5 Å². The van der Waals surface area contributed by atoms with Gasteiger partial charge < -0.3 is 19.3 Å². The number of carbonyl (C=O) groups is 1. The number of ether oxygens (including phenoxy) is 3. The van der Waals surface area contributed by atoms with Gasteiger partial charge in [0.15, 0.2) is 0 Å². The molecule has 6 heteroatoms. The monoisotopic (exact) mass is 422 g/mol. The fourth-order valence-electron chi connectivity index (χ4n) is 3.62. The van der Waals surface area contributed by atoms with Crippen LogP contribution in [0.15, 0.2) is 66.7 Å². The zero-order chi connectivity index (χ0) is 21.8. The van der Waals surface area contributed by atoms with E-state index in [-0.39, 0.29) is 12.4 Å². The minimum Gasteiger partial charge on any atom is -0.489 e. The SMILES string of the molecule is Cc1cc(F)ccc1-c1cccc(COc2ccc(C3(OCC(=O)O)COC3)cc2)c1. The first kappa shape index (κ1) is 21.0. The van der Waals surface area contributed by atoms with E-state index in [1.165, 1.54) is 12.1 Å². The van der Waals surface area contributed by atoms with Crippen LogP contribution >= 0.6 is 0 Å². The number of carboxylic acid groups (broad SMARTS) is 1. The summed E-state index contributed by atoms with van der Waals surface area (Å²) >= 11 is 0. The lowest BCUT2D eigenvalue weighted by atomic mass is 9.91. The summed E-state index contributed by atoms with van der Waals surface area (Å²) in [4.78, 5) is 10.8. The van der Waals surface area contributed by atoms with Gasteiger partial charge in [-0.1, -0.05) is 36.4 Å². The van der Waals surface area contributed by atoms with Crippen LogP contribution in [-0.4, -0.2) is 30.9 Å². The standard InChI is InChI=1S/C25H23FO5/c1-17-11-21(26)7-10-23(17)19-4-2-3-18(12-19)13-30-22-8-5-20(6-9-22)25(15-29-16-25)31-14-24(27)28/h2-12H,13-16H2,1H3,(H,27,28). The molecule has 1 N–H and O–H groups in total. The highest BCUT2D eigenvalue weighted by molar-refractivity contribution is 5.68. The summed E-state index contributed by atoms with van der Waals surface area (Å²) in [5.41, 5.74) is 4.03. The van der Waals surface area contributed by atoms with Gasteiger partial charge >= 0.3 is 5.97 Å². The molecule has 31 heavy (non-hydrogen) atoms. The van der Waals surface area contributed by atoms with E-state index in [2.05, 4.69) is 0 Å². The van der Waals surface area contributed by atoms with E-state index >= 15 is 0 Å². The highest BCUT2D eigenvalue weighted by Crippen LogP contribution is 2.34. The smallest absolute Gasteiger partial charge is 0.329 e. The zero-order valence-electron chi connectivity index (χ0n) is 17.1. The molecule has 0 aromatic heterocycles. The van der Waals surface area contributed by atoms with Crippen LogP contribution < -0.4 is 4.74 Å². The number of halogens is 1. The maximum absolute atomic E-state index is 13.4. The third kappa shape index (κ3) is 4.76. The Labute approximate surface area is 180 Å². The first-order valence-corrected chi connectivity index (χ1v) is 9.97. The molecule has 1 saturated heterocycles. The minimum atomic E-state index is -1.01. The number of hydrogen-bond acceptors (Lipinski definition) is 4. The summed E-state index contributed by atoms with van der Waals surface area (Å²) in [5, 5.41) is 8.88. The van der Waals surface area contributed by atoms with Crippen LogP contribution in [0.2, 0.25) is 0 Å². The maximum atomic E-state index is 13.4.